The van der Waals surface area contributed by atoms with E-state index in [-0.39, 0.29) is 11.7 Å². The summed E-state index contributed by atoms with van der Waals surface area (Å²) >= 11 is 0. The summed E-state index contributed by atoms with van der Waals surface area (Å²) < 4.78 is 12.9. The van der Waals surface area contributed by atoms with E-state index in [1.54, 1.807) is 6.07 Å². The average Bonchev–Trinajstić information content (AvgIpc) is 2.15. The molecule has 0 aliphatic rings. The molecule has 0 spiro atoms. The molecular weight excluding hydrogens is 209 g/mol. The Morgan fingerprint density at radius 1 is 1.31 bits per heavy atom. The number of benzene rings is 1. The van der Waals surface area contributed by atoms with Crippen molar-refractivity contribution in [2.45, 2.75) is 19.3 Å². The van der Waals surface area contributed by atoms with E-state index in [0.717, 1.165) is 12.8 Å². The Balaban J connectivity index is 2.29. The summed E-state index contributed by atoms with van der Waals surface area (Å²) in [6.45, 7) is 0.663. The fourth-order valence-electron chi connectivity index (χ4n) is 1.37. The first-order valence-electron chi connectivity index (χ1n) is 5.16. The van der Waals surface area contributed by atoms with Crippen molar-refractivity contribution in [2.24, 2.45) is 5.73 Å². The van der Waals surface area contributed by atoms with Crippen molar-refractivity contribution in [3.8, 4) is 0 Å². The smallest absolute Gasteiger partial charge is 0.217 e. The van der Waals surface area contributed by atoms with Crippen molar-refractivity contribution in [2.75, 3.05) is 17.6 Å². The fourth-order valence-corrected chi connectivity index (χ4v) is 1.37. The number of carbonyl (C=O) groups excluding carboxylic acids is 1. The molecule has 0 heterocycles. The Morgan fingerprint density at radius 3 is 2.69 bits per heavy atom. The molecule has 0 radical (unpaired) electrons. The quantitative estimate of drug-likeness (QED) is 0.506. The van der Waals surface area contributed by atoms with Crippen LogP contribution in [-0.4, -0.2) is 12.5 Å². The first-order valence-corrected chi connectivity index (χ1v) is 5.16. The molecule has 5 N–H and O–H groups in total. The Morgan fingerprint density at radius 2 is 2.06 bits per heavy atom. The lowest BCUT2D eigenvalue weighted by atomic mass is 10.2. The summed E-state index contributed by atoms with van der Waals surface area (Å²) in [7, 11) is 0. The second kappa shape index (κ2) is 5.95. The van der Waals surface area contributed by atoms with Crippen molar-refractivity contribution in [3.05, 3.63) is 24.0 Å². The number of unbranched alkanes of at least 4 members (excludes halogenated alkanes) is 1. The number of nitrogens with two attached hydrogens (primary N) is 2. The van der Waals surface area contributed by atoms with Crippen LogP contribution in [0.3, 0.4) is 0 Å². The molecule has 1 aromatic carbocycles. The van der Waals surface area contributed by atoms with Crippen molar-refractivity contribution in [3.63, 3.8) is 0 Å². The summed E-state index contributed by atoms with van der Waals surface area (Å²) in [5, 5.41) is 3.03. The molecule has 1 amide bonds. The minimum Gasteiger partial charge on any atom is -0.399 e. The highest BCUT2D eigenvalue weighted by molar-refractivity contribution is 5.73. The second-order valence-electron chi connectivity index (χ2n) is 3.62. The van der Waals surface area contributed by atoms with Gasteiger partial charge in [-0.2, -0.15) is 0 Å². The fraction of sp³-hybridized carbons (Fsp3) is 0.364. The van der Waals surface area contributed by atoms with Crippen LogP contribution >= 0.6 is 0 Å². The molecule has 1 rings (SSSR count). The van der Waals surface area contributed by atoms with E-state index in [1.165, 1.54) is 12.1 Å². The van der Waals surface area contributed by atoms with Crippen molar-refractivity contribution in [1.82, 2.24) is 0 Å². The van der Waals surface area contributed by atoms with Gasteiger partial charge in [0, 0.05) is 24.3 Å². The molecule has 0 bridgehead atoms. The normalized spacial score (nSPS) is 10.1. The molecule has 0 fully saturated rings. The minimum atomic E-state index is -0.361. The third-order valence-electron chi connectivity index (χ3n) is 2.10. The number of hydrogen-bond acceptors (Lipinski definition) is 3. The van der Waals surface area contributed by atoms with Crippen LogP contribution in [0.5, 0.6) is 0 Å². The number of amides is 1. The van der Waals surface area contributed by atoms with E-state index in [0.29, 0.717) is 24.3 Å². The third-order valence-corrected chi connectivity index (χ3v) is 2.10. The van der Waals surface area contributed by atoms with Gasteiger partial charge in [0.1, 0.15) is 5.82 Å². The van der Waals surface area contributed by atoms with Gasteiger partial charge in [-0.05, 0) is 31.0 Å². The number of rotatable bonds is 6. The molecule has 0 unspecified atom stereocenters. The number of primary amides is 1. The van der Waals surface area contributed by atoms with Gasteiger partial charge >= 0.3 is 0 Å². The van der Waals surface area contributed by atoms with Gasteiger partial charge in [0.15, 0.2) is 0 Å². The van der Waals surface area contributed by atoms with Crippen LogP contribution in [-0.2, 0) is 4.79 Å². The maximum absolute atomic E-state index is 12.9. The van der Waals surface area contributed by atoms with E-state index in [1.807, 2.05) is 0 Å². The largest absolute Gasteiger partial charge is 0.399 e. The zero-order valence-corrected chi connectivity index (χ0v) is 9.00. The summed E-state index contributed by atoms with van der Waals surface area (Å²) in [6.07, 6.45) is 1.92. The summed E-state index contributed by atoms with van der Waals surface area (Å²) in [5.41, 5.74) is 11.5. The highest BCUT2D eigenvalue weighted by Gasteiger charge is 1.98. The second-order valence-corrected chi connectivity index (χ2v) is 3.62. The lowest BCUT2D eigenvalue weighted by molar-refractivity contribution is -0.118. The predicted octanol–water partition coefficient (Wildman–Crippen LogP) is 1.48. The molecule has 16 heavy (non-hydrogen) atoms. The minimum absolute atomic E-state index is 0.296. The monoisotopic (exact) mass is 225 g/mol. The topological polar surface area (TPSA) is 81.1 Å². The summed E-state index contributed by atoms with van der Waals surface area (Å²) in [4.78, 5) is 10.5. The predicted molar refractivity (Wildman–Crippen MR) is 62.3 cm³/mol. The first kappa shape index (κ1) is 12.3. The van der Waals surface area contributed by atoms with E-state index in [4.69, 9.17) is 11.5 Å². The van der Waals surface area contributed by atoms with Gasteiger partial charge in [0.05, 0.1) is 0 Å². The van der Waals surface area contributed by atoms with Gasteiger partial charge in [-0.3, -0.25) is 4.79 Å². The van der Waals surface area contributed by atoms with Crippen molar-refractivity contribution >= 4 is 17.3 Å². The molecule has 0 saturated heterocycles. The molecule has 0 aliphatic heterocycles. The SMILES string of the molecule is NC(=O)CCCCNc1cc(N)cc(F)c1. The number of nitrogens with one attached hydrogen (secondary N) is 1. The van der Waals surface area contributed by atoms with Crippen molar-refractivity contribution < 1.29 is 9.18 Å². The Labute approximate surface area is 93.8 Å². The van der Waals surface area contributed by atoms with Crippen LogP contribution in [0.2, 0.25) is 0 Å². The number of halogens is 1. The lowest BCUT2D eigenvalue weighted by Gasteiger charge is -2.06. The summed E-state index contributed by atoms with van der Waals surface area (Å²) in [5.74, 6) is -0.658. The lowest BCUT2D eigenvalue weighted by Crippen LogP contribution is -2.11. The van der Waals surface area contributed by atoms with Gasteiger partial charge in [-0.25, -0.2) is 4.39 Å². The molecule has 0 saturated carbocycles. The maximum atomic E-state index is 12.9. The highest BCUT2D eigenvalue weighted by atomic mass is 19.1. The molecule has 5 heteroatoms. The van der Waals surface area contributed by atoms with Crippen molar-refractivity contribution in [1.29, 1.82) is 0 Å². The van der Waals surface area contributed by atoms with Gasteiger partial charge in [0.2, 0.25) is 5.91 Å². The van der Waals surface area contributed by atoms with Crippen LogP contribution in [0.25, 0.3) is 0 Å². The molecular formula is C11H16FN3O. The standard InChI is InChI=1S/C11H16FN3O/c12-8-5-9(13)7-10(6-8)15-4-2-1-3-11(14)16/h5-7,15H,1-4,13H2,(H2,14,16). The highest BCUT2D eigenvalue weighted by Crippen LogP contribution is 2.15. The van der Waals surface area contributed by atoms with E-state index < -0.39 is 0 Å². The van der Waals surface area contributed by atoms with Gasteiger partial charge in [-0.15, -0.1) is 0 Å². The van der Waals surface area contributed by atoms with E-state index in [9.17, 15) is 9.18 Å². The molecule has 0 atom stereocenters. The van der Waals surface area contributed by atoms with E-state index in [2.05, 4.69) is 5.32 Å². The van der Waals surface area contributed by atoms with Gasteiger partial charge < -0.3 is 16.8 Å². The zero-order valence-electron chi connectivity index (χ0n) is 9.00. The first-order chi connectivity index (χ1) is 7.58. The average molecular weight is 225 g/mol. The molecule has 1 aromatic rings. The van der Waals surface area contributed by atoms with Gasteiger partial charge in [0.25, 0.3) is 0 Å². The molecule has 0 aliphatic carbocycles. The van der Waals surface area contributed by atoms with Crippen LogP contribution < -0.4 is 16.8 Å². The zero-order chi connectivity index (χ0) is 12.0. The Hall–Kier alpha value is -1.78. The Kier molecular flexibility index (Phi) is 4.57. The third kappa shape index (κ3) is 4.63. The molecule has 88 valence electrons. The van der Waals surface area contributed by atoms with Crippen LogP contribution in [0, 0.1) is 5.82 Å². The van der Waals surface area contributed by atoms with E-state index >= 15 is 0 Å². The molecule has 0 aromatic heterocycles. The van der Waals surface area contributed by atoms with Crippen LogP contribution in [0.4, 0.5) is 15.8 Å². The number of anilines is 2. The van der Waals surface area contributed by atoms with Gasteiger partial charge in [-0.1, -0.05) is 0 Å². The molecule has 4 nitrogen and oxygen atoms in total. The summed E-state index contributed by atoms with van der Waals surface area (Å²) in [6, 6.07) is 4.31. The van der Waals surface area contributed by atoms with Crippen LogP contribution in [0.1, 0.15) is 19.3 Å². The number of hydrogen-bond donors (Lipinski definition) is 3. The van der Waals surface area contributed by atoms with Crippen LogP contribution in [0.15, 0.2) is 18.2 Å². The number of carbonyl (C=O) groups is 1. The number of nitrogen functional groups attached to an aromatic ring is 1. The Bertz CT molecular complexity index is 348. The maximum Gasteiger partial charge on any atom is 0.217 e.